The lowest BCUT2D eigenvalue weighted by molar-refractivity contribution is -0.142. The van der Waals surface area contributed by atoms with Crippen molar-refractivity contribution in [2.45, 2.75) is 225 Å². The second-order valence-electron chi connectivity index (χ2n) is 16.6. The maximum Gasteiger partial charge on any atom is 0.326 e. The Labute approximate surface area is 349 Å². The Morgan fingerprint density at radius 2 is 1.07 bits per heavy atom. The van der Waals surface area contributed by atoms with Crippen molar-refractivity contribution in [3.8, 4) is 0 Å². The minimum atomic E-state index is -1.19. The number of rotatable bonds is 45. The second kappa shape index (κ2) is 41.0. The molecule has 11 nitrogen and oxygen atoms in total. The monoisotopic (exact) mass is 815 g/mol. The van der Waals surface area contributed by atoms with Crippen molar-refractivity contribution in [3.05, 3.63) is 0 Å². The molecule has 0 bridgehead atoms. The molecule has 0 fully saturated rings. The summed E-state index contributed by atoms with van der Waals surface area (Å²) in [6.45, 7) is 11.0. The van der Waals surface area contributed by atoms with Gasteiger partial charge in [0.15, 0.2) is 0 Å². The van der Waals surface area contributed by atoms with Crippen molar-refractivity contribution >= 4 is 17.8 Å². The fourth-order valence-corrected chi connectivity index (χ4v) is 6.72. The Morgan fingerprint density at radius 1 is 0.579 bits per heavy atom. The molecule has 4 N–H and O–H groups in total. The number of carboxylic acids is 1. The molecule has 0 heterocycles. The molecular weight excluding hydrogens is 725 g/mol. The van der Waals surface area contributed by atoms with Gasteiger partial charge in [-0.15, -0.1) is 0 Å². The zero-order chi connectivity index (χ0) is 42.1. The zero-order valence-electron chi connectivity index (χ0n) is 37.4. The fraction of sp³-hybridized carbons (Fsp3) is 0.935. The van der Waals surface area contributed by atoms with Crippen LogP contribution in [0.25, 0.3) is 0 Å². The summed E-state index contributed by atoms with van der Waals surface area (Å²) in [5.41, 5.74) is -0.462. The summed E-state index contributed by atoms with van der Waals surface area (Å²) < 4.78 is 23.3. The van der Waals surface area contributed by atoms with E-state index < -0.39 is 23.5 Å². The van der Waals surface area contributed by atoms with Crippen LogP contribution in [0.15, 0.2) is 0 Å². The van der Waals surface area contributed by atoms with Crippen molar-refractivity contribution in [2.24, 2.45) is 0 Å². The van der Waals surface area contributed by atoms with Crippen LogP contribution in [0.1, 0.15) is 207 Å². The molecule has 11 heteroatoms. The number of carboxylic acid groups (broad SMARTS) is 1. The Kier molecular flexibility index (Phi) is 39.7. The Balaban J connectivity index is 4.50. The highest BCUT2D eigenvalue weighted by Gasteiger charge is 2.22. The molecule has 338 valence electrons. The highest BCUT2D eigenvalue weighted by atomic mass is 16.5. The predicted molar refractivity (Wildman–Crippen MR) is 232 cm³/mol. The number of carbonyl (C=O) groups is 3. The molecule has 0 radical (unpaired) electrons. The van der Waals surface area contributed by atoms with Crippen LogP contribution >= 0.6 is 0 Å². The number of hydrogen-bond donors (Lipinski definition) is 4. The van der Waals surface area contributed by atoms with E-state index in [1.165, 1.54) is 128 Å². The van der Waals surface area contributed by atoms with Crippen LogP contribution in [0.5, 0.6) is 0 Å². The van der Waals surface area contributed by atoms with Crippen molar-refractivity contribution in [3.63, 3.8) is 0 Å². The van der Waals surface area contributed by atoms with Gasteiger partial charge in [-0.3, -0.25) is 9.59 Å². The molecule has 0 saturated carbocycles. The second-order valence-corrected chi connectivity index (χ2v) is 16.6. The number of ether oxygens (including phenoxy) is 4. The third-order valence-corrected chi connectivity index (χ3v) is 10.5. The van der Waals surface area contributed by atoms with E-state index in [1.54, 1.807) is 0 Å². The van der Waals surface area contributed by atoms with Gasteiger partial charge in [-0.2, -0.15) is 0 Å². The van der Waals surface area contributed by atoms with Crippen molar-refractivity contribution in [1.82, 2.24) is 10.6 Å². The normalized spacial score (nSPS) is 12.8. The number of aliphatic carboxylic acids is 1. The molecule has 0 aromatic rings. The summed E-state index contributed by atoms with van der Waals surface area (Å²) in [7, 11) is 0. The van der Waals surface area contributed by atoms with Gasteiger partial charge >= 0.3 is 5.97 Å². The van der Waals surface area contributed by atoms with Crippen LogP contribution in [0, 0.1) is 0 Å². The van der Waals surface area contributed by atoms with Crippen molar-refractivity contribution in [2.75, 3.05) is 52.8 Å². The highest BCUT2D eigenvalue weighted by Crippen LogP contribution is 2.15. The van der Waals surface area contributed by atoms with E-state index in [4.69, 9.17) is 24.1 Å². The van der Waals surface area contributed by atoms with Crippen LogP contribution in [-0.4, -0.2) is 98.5 Å². The number of hydrogen-bond acceptors (Lipinski definition) is 8. The molecular formula is C46H90N2O9. The summed E-state index contributed by atoms with van der Waals surface area (Å²) in [6, 6.07) is -1.18. The van der Waals surface area contributed by atoms with Crippen LogP contribution in [-0.2, 0) is 33.3 Å². The first-order chi connectivity index (χ1) is 27.6. The average molecular weight is 815 g/mol. The van der Waals surface area contributed by atoms with Crippen LogP contribution in [0.2, 0.25) is 0 Å². The summed E-state index contributed by atoms with van der Waals surface area (Å²) >= 11 is 0. The van der Waals surface area contributed by atoms with E-state index in [-0.39, 0.29) is 57.6 Å². The van der Waals surface area contributed by atoms with E-state index in [0.717, 1.165) is 25.7 Å². The first-order valence-corrected chi connectivity index (χ1v) is 23.5. The number of aliphatic hydroxyl groups excluding tert-OH is 1. The van der Waals surface area contributed by atoms with Gasteiger partial charge < -0.3 is 39.8 Å². The number of carbonyl (C=O) groups excluding carboxylic acids is 2. The van der Waals surface area contributed by atoms with Gasteiger partial charge in [0, 0.05) is 39.2 Å². The quantitative estimate of drug-likeness (QED) is 0.0440. The number of unbranched alkanes of at least 4 members (excludes halogenated alkanes) is 22. The Morgan fingerprint density at radius 3 is 1.56 bits per heavy atom. The molecule has 0 aliphatic carbocycles. The third kappa shape index (κ3) is 39.4. The van der Waals surface area contributed by atoms with Crippen LogP contribution in [0.3, 0.4) is 0 Å². The van der Waals surface area contributed by atoms with Gasteiger partial charge in [0.25, 0.3) is 0 Å². The van der Waals surface area contributed by atoms with Crippen molar-refractivity contribution < 1.29 is 43.5 Å². The lowest BCUT2D eigenvalue weighted by Gasteiger charge is -2.24. The molecule has 57 heavy (non-hydrogen) atoms. The van der Waals surface area contributed by atoms with Gasteiger partial charge in [0.05, 0.1) is 38.1 Å². The number of aliphatic hydroxyl groups is 1. The molecule has 0 aliphatic heterocycles. The minimum absolute atomic E-state index is 0.00647. The summed E-state index contributed by atoms with van der Waals surface area (Å²) in [5, 5.41) is 24.2. The van der Waals surface area contributed by atoms with Gasteiger partial charge in [0.2, 0.25) is 11.8 Å². The predicted octanol–water partition coefficient (Wildman–Crippen LogP) is 9.84. The fourth-order valence-electron chi connectivity index (χ4n) is 6.72. The summed E-state index contributed by atoms with van der Waals surface area (Å²) in [4.78, 5) is 37.0. The minimum Gasteiger partial charge on any atom is -0.480 e. The van der Waals surface area contributed by atoms with E-state index in [1.807, 2.05) is 13.8 Å². The smallest absolute Gasteiger partial charge is 0.326 e. The first-order valence-electron chi connectivity index (χ1n) is 23.5. The zero-order valence-corrected chi connectivity index (χ0v) is 37.4. The van der Waals surface area contributed by atoms with Gasteiger partial charge in [0.1, 0.15) is 6.04 Å². The van der Waals surface area contributed by atoms with E-state index in [9.17, 15) is 19.5 Å². The Hall–Kier alpha value is -1.79. The lowest BCUT2D eigenvalue weighted by atomic mass is 10.1. The molecule has 0 saturated heterocycles. The molecule has 2 amide bonds. The molecule has 1 unspecified atom stereocenters. The number of amides is 2. The van der Waals surface area contributed by atoms with E-state index in [0.29, 0.717) is 32.8 Å². The van der Waals surface area contributed by atoms with Gasteiger partial charge in [-0.05, 0) is 39.5 Å². The van der Waals surface area contributed by atoms with Gasteiger partial charge in [-0.1, -0.05) is 155 Å². The first kappa shape index (κ1) is 55.2. The maximum atomic E-state index is 12.8. The van der Waals surface area contributed by atoms with Crippen LogP contribution in [0.4, 0.5) is 0 Å². The molecule has 0 spiro atoms. The van der Waals surface area contributed by atoms with Crippen molar-refractivity contribution in [1.29, 1.82) is 0 Å². The van der Waals surface area contributed by atoms with E-state index in [2.05, 4.69) is 24.5 Å². The summed E-state index contributed by atoms with van der Waals surface area (Å²) in [5.74, 6) is -1.93. The SMILES string of the molecule is CCCCCCCCCCCCCCOCC(CNC(=O)CC[C@H](NC(=O)CCOCCOC(C)(C)CCO)C(=O)O)OCCCCCCCCCCCCCC. The largest absolute Gasteiger partial charge is 0.480 e. The van der Waals surface area contributed by atoms with Crippen LogP contribution < -0.4 is 10.6 Å². The molecule has 0 aliphatic rings. The van der Waals surface area contributed by atoms with Gasteiger partial charge in [-0.25, -0.2) is 4.79 Å². The highest BCUT2D eigenvalue weighted by molar-refractivity contribution is 5.84. The standard InChI is InChI=1S/C46H90N2O9/c1-5-7-9-11-13-15-17-19-21-23-25-27-34-55-40-41(56-35-28-26-24-22-20-18-16-14-12-10-8-6-2)39-47-43(50)30-29-42(45(52)53)48-44(51)31-36-54-37-38-57-46(3,4)32-33-49/h41-42,49H,5-40H2,1-4H3,(H,47,50)(H,48,51)(H,52,53)/t41?,42-/m0/s1. The summed E-state index contributed by atoms with van der Waals surface area (Å²) in [6.07, 6.45) is 31.0. The average Bonchev–Trinajstić information content (AvgIpc) is 3.18. The third-order valence-electron chi connectivity index (χ3n) is 10.5. The van der Waals surface area contributed by atoms with E-state index >= 15 is 0 Å². The Bertz CT molecular complexity index is 920. The number of nitrogens with one attached hydrogen (secondary N) is 2. The maximum absolute atomic E-state index is 12.8. The topological polar surface area (TPSA) is 153 Å². The molecule has 0 rings (SSSR count). The molecule has 0 aromatic carbocycles. The molecule has 2 atom stereocenters. The molecule has 0 aromatic heterocycles. The lowest BCUT2D eigenvalue weighted by Crippen LogP contribution is -2.42.